The average molecular weight is 393 g/mol. The Morgan fingerprint density at radius 3 is 2.48 bits per heavy atom. The highest BCUT2D eigenvalue weighted by Crippen LogP contribution is 2.25. The van der Waals surface area contributed by atoms with E-state index in [1.807, 2.05) is 43.3 Å². The fourth-order valence-corrected chi connectivity index (χ4v) is 3.03. The summed E-state index contributed by atoms with van der Waals surface area (Å²) in [5.74, 6) is 0.893. The summed E-state index contributed by atoms with van der Waals surface area (Å²) >= 11 is 0. The van der Waals surface area contributed by atoms with Crippen molar-refractivity contribution in [2.24, 2.45) is 5.92 Å². The molecule has 0 bridgehead atoms. The van der Waals surface area contributed by atoms with E-state index in [0.717, 1.165) is 29.1 Å². The van der Waals surface area contributed by atoms with E-state index in [1.165, 1.54) is 5.56 Å². The van der Waals surface area contributed by atoms with Crippen LogP contribution < -0.4 is 5.32 Å². The normalized spacial score (nSPS) is 12.2. The predicted octanol–water partition coefficient (Wildman–Crippen LogP) is 2.95. The van der Waals surface area contributed by atoms with Crippen molar-refractivity contribution in [2.45, 2.75) is 40.2 Å². The van der Waals surface area contributed by atoms with E-state index in [1.54, 1.807) is 17.7 Å². The monoisotopic (exact) mass is 393 g/mol. The lowest BCUT2D eigenvalue weighted by atomic mass is 10.0. The van der Waals surface area contributed by atoms with Gasteiger partial charge in [0.25, 0.3) is 5.91 Å². The number of benzene rings is 2. The smallest absolute Gasteiger partial charge is 0.251 e. The number of hydrogen-bond acceptors (Lipinski definition) is 5. The van der Waals surface area contributed by atoms with E-state index in [4.69, 9.17) is 0 Å². The SMILES string of the molecule is Cc1ccc(-c2cc(C(=O)NC(C)CO)cc(-n3nnnc3CC(C)C)c2)cc1. The zero-order valence-electron chi connectivity index (χ0n) is 17.3. The molecule has 1 heterocycles. The maximum Gasteiger partial charge on any atom is 0.251 e. The number of aliphatic hydroxyl groups is 1. The van der Waals surface area contributed by atoms with Gasteiger partial charge in [-0.2, -0.15) is 4.68 Å². The van der Waals surface area contributed by atoms with Crippen molar-refractivity contribution >= 4 is 5.91 Å². The van der Waals surface area contributed by atoms with Gasteiger partial charge in [-0.25, -0.2) is 0 Å². The summed E-state index contributed by atoms with van der Waals surface area (Å²) in [5, 5.41) is 24.2. The molecular weight excluding hydrogens is 366 g/mol. The van der Waals surface area contributed by atoms with Gasteiger partial charge in [0.15, 0.2) is 5.82 Å². The molecule has 0 radical (unpaired) electrons. The highest BCUT2D eigenvalue weighted by Gasteiger charge is 2.16. The summed E-state index contributed by atoms with van der Waals surface area (Å²) in [4.78, 5) is 12.8. The highest BCUT2D eigenvalue weighted by atomic mass is 16.3. The Balaban J connectivity index is 2.09. The molecule has 1 aromatic heterocycles. The van der Waals surface area contributed by atoms with Crippen LogP contribution in [0.3, 0.4) is 0 Å². The third-order valence-electron chi connectivity index (χ3n) is 4.59. The molecule has 0 spiro atoms. The molecule has 0 aliphatic rings. The van der Waals surface area contributed by atoms with Crippen molar-refractivity contribution < 1.29 is 9.90 Å². The van der Waals surface area contributed by atoms with Crippen molar-refractivity contribution in [2.75, 3.05) is 6.61 Å². The van der Waals surface area contributed by atoms with Gasteiger partial charge in [0, 0.05) is 18.0 Å². The van der Waals surface area contributed by atoms with Crippen LogP contribution >= 0.6 is 0 Å². The molecule has 2 N–H and O–H groups in total. The summed E-state index contributed by atoms with van der Waals surface area (Å²) < 4.78 is 1.68. The van der Waals surface area contributed by atoms with Crippen LogP contribution in [0.4, 0.5) is 0 Å². The van der Waals surface area contributed by atoms with E-state index in [2.05, 4.69) is 34.7 Å². The Bertz CT molecular complexity index is 979. The second-order valence-electron chi connectivity index (χ2n) is 7.80. The molecule has 3 aromatic rings. The minimum Gasteiger partial charge on any atom is -0.394 e. The number of amides is 1. The summed E-state index contributed by atoms with van der Waals surface area (Å²) in [6.45, 7) is 7.88. The van der Waals surface area contributed by atoms with Crippen molar-refractivity contribution in [3.8, 4) is 16.8 Å². The summed E-state index contributed by atoms with van der Waals surface area (Å²) in [5.41, 5.74) is 4.28. The third kappa shape index (κ3) is 5.06. The highest BCUT2D eigenvalue weighted by molar-refractivity contribution is 5.96. The molecule has 1 amide bonds. The number of nitrogens with one attached hydrogen (secondary N) is 1. The standard InChI is InChI=1S/C22H27N5O2/c1-14(2)9-21-24-25-26-27(21)20-11-18(17-7-5-15(3)6-8-17)10-19(12-20)22(29)23-16(4)13-28/h5-8,10-12,14,16,28H,9,13H2,1-4H3,(H,23,29). The molecule has 1 atom stereocenters. The van der Waals surface area contributed by atoms with Crippen molar-refractivity contribution in [3.63, 3.8) is 0 Å². The number of carbonyl (C=O) groups is 1. The molecular formula is C22H27N5O2. The van der Waals surface area contributed by atoms with Gasteiger partial charge < -0.3 is 10.4 Å². The van der Waals surface area contributed by atoms with Gasteiger partial charge in [-0.3, -0.25) is 4.79 Å². The Morgan fingerprint density at radius 1 is 1.10 bits per heavy atom. The van der Waals surface area contributed by atoms with Crippen molar-refractivity contribution in [1.29, 1.82) is 0 Å². The van der Waals surface area contributed by atoms with Crippen LogP contribution in [0.2, 0.25) is 0 Å². The lowest BCUT2D eigenvalue weighted by Gasteiger charge is -2.14. The molecule has 0 fully saturated rings. The maximum absolute atomic E-state index is 12.8. The van der Waals surface area contributed by atoms with Gasteiger partial charge >= 0.3 is 0 Å². The molecule has 7 heteroatoms. The second-order valence-corrected chi connectivity index (χ2v) is 7.80. The number of rotatable bonds is 7. The molecule has 29 heavy (non-hydrogen) atoms. The minimum absolute atomic E-state index is 0.123. The number of tetrazole rings is 1. The Kier molecular flexibility index (Phi) is 6.39. The van der Waals surface area contributed by atoms with Crippen molar-refractivity contribution in [1.82, 2.24) is 25.5 Å². The number of nitrogens with zero attached hydrogens (tertiary/aromatic N) is 4. The number of aliphatic hydroxyl groups excluding tert-OH is 1. The summed E-state index contributed by atoms with van der Waals surface area (Å²) in [6.07, 6.45) is 0.727. The number of hydrogen-bond donors (Lipinski definition) is 2. The molecule has 3 rings (SSSR count). The second kappa shape index (κ2) is 8.96. The zero-order chi connectivity index (χ0) is 21.0. The van der Waals surface area contributed by atoms with Crippen LogP contribution in [-0.2, 0) is 6.42 Å². The predicted molar refractivity (Wildman–Crippen MR) is 112 cm³/mol. The quantitative estimate of drug-likeness (QED) is 0.644. The summed E-state index contributed by atoms with van der Waals surface area (Å²) in [6, 6.07) is 13.4. The fraction of sp³-hybridized carbons (Fsp3) is 0.364. The van der Waals surface area contributed by atoms with Gasteiger partial charge in [-0.1, -0.05) is 43.7 Å². The number of aromatic nitrogens is 4. The van der Waals surface area contributed by atoms with E-state index in [-0.39, 0.29) is 18.6 Å². The van der Waals surface area contributed by atoms with Crippen LogP contribution in [0, 0.1) is 12.8 Å². The van der Waals surface area contributed by atoms with E-state index in [9.17, 15) is 9.90 Å². The summed E-state index contributed by atoms with van der Waals surface area (Å²) in [7, 11) is 0. The first-order valence-electron chi connectivity index (χ1n) is 9.79. The molecule has 0 aliphatic heterocycles. The molecule has 7 nitrogen and oxygen atoms in total. The molecule has 0 aliphatic carbocycles. The largest absolute Gasteiger partial charge is 0.394 e. The van der Waals surface area contributed by atoms with Gasteiger partial charge in [0.2, 0.25) is 0 Å². The van der Waals surface area contributed by atoms with Gasteiger partial charge in [0.1, 0.15) is 0 Å². The lowest BCUT2D eigenvalue weighted by molar-refractivity contribution is 0.0922. The Labute approximate surface area is 170 Å². The van der Waals surface area contributed by atoms with Crippen molar-refractivity contribution in [3.05, 3.63) is 59.4 Å². The first-order valence-corrected chi connectivity index (χ1v) is 9.79. The first kappa shape index (κ1) is 20.7. The van der Waals surface area contributed by atoms with Gasteiger partial charge in [-0.15, -0.1) is 5.10 Å². The Hall–Kier alpha value is -3.06. The minimum atomic E-state index is -0.335. The first-order chi connectivity index (χ1) is 13.9. The third-order valence-corrected chi connectivity index (χ3v) is 4.59. The fourth-order valence-electron chi connectivity index (χ4n) is 3.03. The van der Waals surface area contributed by atoms with Gasteiger partial charge in [0.05, 0.1) is 12.3 Å². The lowest BCUT2D eigenvalue weighted by Crippen LogP contribution is -2.35. The maximum atomic E-state index is 12.8. The van der Waals surface area contributed by atoms with Crippen LogP contribution in [-0.4, -0.2) is 43.9 Å². The molecule has 2 aromatic carbocycles. The van der Waals surface area contributed by atoms with E-state index >= 15 is 0 Å². The molecule has 0 saturated carbocycles. The number of carbonyl (C=O) groups excluding carboxylic acids is 1. The van der Waals surface area contributed by atoms with E-state index in [0.29, 0.717) is 11.5 Å². The number of aryl methyl sites for hydroxylation is 1. The molecule has 1 unspecified atom stereocenters. The molecule has 0 saturated heterocycles. The van der Waals surface area contributed by atoms with Crippen LogP contribution in [0.25, 0.3) is 16.8 Å². The van der Waals surface area contributed by atoms with Gasteiger partial charge in [-0.05, 0) is 59.5 Å². The van der Waals surface area contributed by atoms with E-state index < -0.39 is 0 Å². The zero-order valence-corrected chi connectivity index (χ0v) is 17.3. The van der Waals surface area contributed by atoms with Crippen LogP contribution in [0.1, 0.15) is 42.5 Å². The molecule has 152 valence electrons. The average Bonchev–Trinajstić information content (AvgIpc) is 3.15. The topological polar surface area (TPSA) is 92.9 Å². The Morgan fingerprint density at radius 2 is 1.83 bits per heavy atom. The van der Waals surface area contributed by atoms with Crippen LogP contribution in [0.15, 0.2) is 42.5 Å². The van der Waals surface area contributed by atoms with Crippen LogP contribution in [0.5, 0.6) is 0 Å².